The van der Waals surface area contributed by atoms with Crippen LogP contribution in [0.4, 0.5) is 0 Å². The van der Waals surface area contributed by atoms with Crippen molar-refractivity contribution in [2.75, 3.05) is 20.6 Å². The van der Waals surface area contributed by atoms with Gasteiger partial charge in [0.1, 0.15) is 0 Å². The molecule has 0 rings (SSSR count). The first-order valence-electron chi connectivity index (χ1n) is 4.93. The average Bonchev–Trinajstić information content (AvgIpc) is 2.00. The van der Waals surface area contributed by atoms with Gasteiger partial charge in [0, 0.05) is 12.6 Å². The molecule has 0 fully saturated rings. The Hall–Kier alpha value is -0.0900. The number of hydrogen-bond donors (Lipinski definition) is 1. The summed E-state index contributed by atoms with van der Waals surface area (Å²) in [4.78, 5) is 13.6. The Morgan fingerprint density at radius 1 is 1.36 bits per heavy atom. The number of likely N-dealkylation sites (N-methyl/N-ethyl adjacent to an activating group) is 1. The summed E-state index contributed by atoms with van der Waals surface area (Å²) >= 11 is 3.38. The van der Waals surface area contributed by atoms with E-state index in [0.29, 0.717) is 5.92 Å². The van der Waals surface area contributed by atoms with Gasteiger partial charge in [0.05, 0.1) is 4.83 Å². The van der Waals surface area contributed by atoms with Gasteiger partial charge in [-0.2, -0.15) is 0 Å². The van der Waals surface area contributed by atoms with Gasteiger partial charge in [0.2, 0.25) is 5.91 Å². The molecule has 1 N–H and O–H groups in total. The summed E-state index contributed by atoms with van der Waals surface area (Å²) in [7, 11) is 3.99. The molecule has 1 amide bonds. The Bertz CT molecular complexity index is 183. The second-order valence-corrected chi connectivity index (χ2v) is 5.30. The second-order valence-electron chi connectivity index (χ2n) is 4.32. The van der Waals surface area contributed by atoms with Crippen LogP contribution in [0.2, 0.25) is 0 Å². The molecule has 14 heavy (non-hydrogen) atoms. The van der Waals surface area contributed by atoms with Crippen molar-refractivity contribution in [2.45, 2.75) is 31.6 Å². The van der Waals surface area contributed by atoms with Crippen molar-refractivity contribution in [3.05, 3.63) is 0 Å². The van der Waals surface area contributed by atoms with Gasteiger partial charge in [0.15, 0.2) is 0 Å². The lowest BCUT2D eigenvalue weighted by molar-refractivity contribution is -0.121. The minimum Gasteiger partial charge on any atom is -0.351 e. The molecule has 0 aromatic heterocycles. The topological polar surface area (TPSA) is 32.3 Å². The van der Waals surface area contributed by atoms with E-state index in [0.717, 1.165) is 6.54 Å². The second kappa shape index (κ2) is 6.40. The highest BCUT2D eigenvalue weighted by atomic mass is 79.9. The quantitative estimate of drug-likeness (QED) is 0.763. The summed E-state index contributed by atoms with van der Waals surface area (Å²) < 4.78 is 0. The van der Waals surface area contributed by atoms with E-state index in [1.54, 1.807) is 0 Å². The molecule has 0 aliphatic rings. The first-order valence-corrected chi connectivity index (χ1v) is 5.85. The van der Waals surface area contributed by atoms with E-state index in [-0.39, 0.29) is 16.8 Å². The predicted octanol–water partition coefficient (Wildman–Crippen LogP) is 1.47. The molecule has 0 aromatic carbocycles. The van der Waals surface area contributed by atoms with Crippen LogP contribution in [0.3, 0.4) is 0 Å². The lowest BCUT2D eigenvalue weighted by Gasteiger charge is -2.21. The van der Waals surface area contributed by atoms with Crippen molar-refractivity contribution in [3.8, 4) is 0 Å². The molecule has 4 heteroatoms. The molecule has 84 valence electrons. The fourth-order valence-electron chi connectivity index (χ4n) is 1.22. The standard InChI is InChI=1S/C10H21BrN2O/c1-7(2)9(11)10(14)12-8(3)6-13(4)5/h7-9H,6H2,1-5H3,(H,12,14). The molecule has 0 aliphatic carbocycles. The first kappa shape index (κ1) is 13.9. The monoisotopic (exact) mass is 264 g/mol. The van der Waals surface area contributed by atoms with Crippen molar-refractivity contribution < 1.29 is 4.79 Å². The summed E-state index contributed by atoms with van der Waals surface area (Å²) in [5.41, 5.74) is 0. The molecule has 3 nitrogen and oxygen atoms in total. The Labute approximate surface area is 95.4 Å². The lowest BCUT2D eigenvalue weighted by atomic mass is 10.1. The highest BCUT2D eigenvalue weighted by molar-refractivity contribution is 9.10. The summed E-state index contributed by atoms with van der Waals surface area (Å²) in [5.74, 6) is 0.399. The number of hydrogen-bond acceptors (Lipinski definition) is 2. The average molecular weight is 265 g/mol. The number of carbonyl (C=O) groups is 1. The molecule has 0 aromatic rings. The van der Waals surface area contributed by atoms with E-state index >= 15 is 0 Å². The largest absolute Gasteiger partial charge is 0.351 e. The maximum Gasteiger partial charge on any atom is 0.234 e. The first-order chi connectivity index (χ1) is 6.34. The van der Waals surface area contributed by atoms with E-state index in [4.69, 9.17) is 0 Å². The van der Waals surface area contributed by atoms with Crippen molar-refractivity contribution in [1.29, 1.82) is 0 Å². The minimum atomic E-state index is -0.0906. The number of carbonyl (C=O) groups excluding carboxylic acids is 1. The third-order valence-corrected chi connectivity index (χ3v) is 3.34. The Balaban J connectivity index is 3.93. The van der Waals surface area contributed by atoms with Gasteiger partial charge in [-0.3, -0.25) is 4.79 Å². The zero-order chi connectivity index (χ0) is 11.3. The Morgan fingerprint density at radius 2 is 1.86 bits per heavy atom. The highest BCUT2D eigenvalue weighted by Gasteiger charge is 2.19. The van der Waals surface area contributed by atoms with Gasteiger partial charge < -0.3 is 10.2 Å². The molecule has 0 saturated heterocycles. The van der Waals surface area contributed by atoms with Gasteiger partial charge in [-0.15, -0.1) is 0 Å². The predicted molar refractivity (Wildman–Crippen MR) is 63.7 cm³/mol. The molecule has 2 unspecified atom stereocenters. The van der Waals surface area contributed by atoms with Crippen LogP contribution in [0, 0.1) is 5.92 Å². The van der Waals surface area contributed by atoms with Crippen LogP contribution >= 0.6 is 15.9 Å². The van der Waals surface area contributed by atoms with E-state index in [9.17, 15) is 4.79 Å². The zero-order valence-corrected chi connectivity index (χ0v) is 11.3. The molecule has 2 atom stereocenters. The third kappa shape index (κ3) is 5.60. The molecule has 0 spiro atoms. The highest BCUT2D eigenvalue weighted by Crippen LogP contribution is 2.11. The number of amides is 1. The van der Waals surface area contributed by atoms with Crippen molar-refractivity contribution in [2.24, 2.45) is 5.92 Å². The molecular weight excluding hydrogens is 244 g/mol. The van der Waals surface area contributed by atoms with E-state index in [1.807, 2.05) is 34.9 Å². The van der Waals surface area contributed by atoms with E-state index in [1.165, 1.54) is 0 Å². The molecule has 0 heterocycles. The van der Waals surface area contributed by atoms with Crippen LogP contribution in [-0.4, -0.2) is 42.3 Å². The fraction of sp³-hybridized carbons (Fsp3) is 0.900. The normalized spacial score (nSPS) is 15.7. The summed E-state index contributed by atoms with van der Waals surface area (Å²) in [5, 5.41) is 2.96. The smallest absolute Gasteiger partial charge is 0.234 e. The Kier molecular flexibility index (Phi) is 6.36. The molecule has 0 saturated carbocycles. The molecule has 0 aliphatic heterocycles. The number of alkyl halides is 1. The van der Waals surface area contributed by atoms with Crippen LogP contribution in [-0.2, 0) is 4.79 Å². The maximum absolute atomic E-state index is 11.6. The number of nitrogens with one attached hydrogen (secondary N) is 1. The van der Waals surface area contributed by atoms with E-state index < -0.39 is 0 Å². The van der Waals surface area contributed by atoms with Crippen LogP contribution < -0.4 is 5.32 Å². The van der Waals surface area contributed by atoms with Crippen molar-refractivity contribution >= 4 is 21.8 Å². The number of nitrogens with zero attached hydrogens (tertiary/aromatic N) is 1. The van der Waals surface area contributed by atoms with Crippen molar-refractivity contribution in [3.63, 3.8) is 0 Å². The fourth-order valence-corrected chi connectivity index (χ4v) is 1.35. The van der Waals surface area contributed by atoms with Crippen molar-refractivity contribution in [1.82, 2.24) is 10.2 Å². The maximum atomic E-state index is 11.6. The van der Waals surface area contributed by atoms with Gasteiger partial charge >= 0.3 is 0 Å². The SMILES string of the molecule is CC(CN(C)C)NC(=O)C(Br)C(C)C. The molecule has 0 bridgehead atoms. The van der Waals surface area contributed by atoms with E-state index in [2.05, 4.69) is 26.1 Å². The van der Waals surface area contributed by atoms with Gasteiger partial charge in [-0.1, -0.05) is 29.8 Å². The van der Waals surface area contributed by atoms with Crippen LogP contribution in [0.25, 0.3) is 0 Å². The third-order valence-electron chi connectivity index (χ3n) is 1.86. The molecule has 0 radical (unpaired) electrons. The summed E-state index contributed by atoms with van der Waals surface area (Å²) in [6.45, 7) is 6.92. The minimum absolute atomic E-state index is 0.0781. The van der Waals surface area contributed by atoms with Crippen LogP contribution in [0.5, 0.6) is 0 Å². The Morgan fingerprint density at radius 3 is 2.21 bits per heavy atom. The van der Waals surface area contributed by atoms with Gasteiger partial charge in [-0.05, 0) is 26.9 Å². The van der Waals surface area contributed by atoms with Gasteiger partial charge in [-0.25, -0.2) is 0 Å². The van der Waals surface area contributed by atoms with Crippen LogP contribution in [0.1, 0.15) is 20.8 Å². The molecular formula is C10H21BrN2O. The summed E-state index contributed by atoms with van der Waals surface area (Å²) in [6.07, 6.45) is 0. The lowest BCUT2D eigenvalue weighted by Crippen LogP contribution is -2.43. The zero-order valence-electron chi connectivity index (χ0n) is 9.67. The number of halogens is 1. The van der Waals surface area contributed by atoms with Gasteiger partial charge in [0.25, 0.3) is 0 Å². The summed E-state index contributed by atoms with van der Waals surface area (Å²) in [6, 6.07) is 0.191. The number of rotatable bonds is 5. The van der Waals surface area contributed by atoms with Crippen LogP contribution in [0.15, 0.2) is 0 Å².